The number of thiophene rings is 1. The van der Waals surface area contributed by atoms with Crippen molar-refractivity contribution in [1.82, 2.24) is 10.6 Å². The maximum absolute atomic E-state index is 13.2. The molecule has 0 radical (unpaired) electrons. The zero-order valence-corrected chi connectivity index (χ0v) is 20.4. The van der Waals surface area contributed by atoms with Gasteiger partial charge in [0, 0.05) is 13.5 Å². The van der Waals surface area contributed by atoms with Crippen molar-refractivity contribution in [3.63, 3.8) is 0 Å². The van der Waals surface area contributed by atoms with Gasteiger partial charge in [0.05, 0.1) is 24.6 Å². The Labute approximate surface area is 204 Å². The van der Waals surface area contributed by atoms with Crippen molar-refractivity contribution in [2.45, 2.75) is 25.4 Å². The zero-order valence-electron chi connectivity index (χ0n) is 19.6. The smallest absolute Gasteiger partial charge is 0.262 e. The van der Waals surface area contributed by atoms with Gasteiger partial charge in [0.2, 0.25) is 5.91 Å². The highest BCUT2D eigenvalue weighted by Gasteiger charge is 2.24. The van der Waals surface area contributed by atoms with E-state index >= 15 is 0 Å². The van der Waals surface area contributed by atoms with E-state index in [1.165, 1.54) is 11.3 Å². The number of rotatable bonds is 12. The summed E-state index contributed by atoms with van der Waals surface area (Å²) >= 11 is 1.34. The predicted molar refractivity (Wildman–Crippen MR) is 133 cm³/mol. The number of nitrogens with one attached hydrogen (secondary N) is 2. The molecule has 0 bridgehead atoms. The highest BCUT2D eigenvalue weighted by atomic mass is 32.1. The molecule has 0 aliphatic rings. The molecule has 8 heteroatoms. The van der Waals surface area contributed by atoms with Crippen LogP contribution >= 0.6 is 11.3 Å². The first-order chi connectivity index (χ1) is 16.5. The minimum absolute atomic E-state index is 0.263. The van der Waals surface area contributed by atoms with Crippen molar-refractivity contribution in [1.29, 1.82) is 0 Å². The Balaban J connectivity index is 1.72. The van der Waals surface area contributed by atoms with Crippen LogP contribution < -0.4 is 20.1 Å². The average Bonchev–Trinajstić information content (AvgIpc) is 3.40. The molecule has 1 heterocycles. The number of ether oxygens (including phenoxy) is 3. The lowest BCUT2D eigenvalue weighted by atomic mass is 10.0. The van der Waals surface area contributed by atoms with Crippen LogP contribution in [0.5, 0.6) is 11.5 Å². The van der Waals surface area contributed by atoms with Crippen LogP contribution in [0.4, 0.5) is 0 Å². The van der Waals surface area contributed by atoms with E-state index in [9.17, 15) is 9.59 Å². The Hall–Kier alpha value is -3.36. The lowest BCUT2D eigenvalue weighted by Crippen LogP contribution is -2.48. The van der Waals surface area contributed by atoms with Gasteiger partial charge in [0.25, 0.3) is 5.91 Å². The molecule has 3 aromatic rings. The lowest BCUT2D eigenvalue weighted by Gasteiger charge is -2.22. The number of benzene rings is 2. The number of methoxy groups -OCH3 is 2. The Morgan fingerprint density at radius 3 is 2.41 bits per heavy atom. The molecule has 2 atom stereocenters. The fourth-order valence-corrected chi connectivity index (χ4v) is 4.03. The maximum atomic E-state index is 13.2. The molecular formula is C26H30N2O5S. The Morgan fingerprint density at radius 1 is 0.941 bits per heavy atom. The number of carbonyl (C=O) groups is 2. The summed E-state index contributed by atoms with van der Waals surface area (Å²) in [5, 5.41) is 7.74. The van der Waals surface area contributed by atoms with E-state index in [2.05, 4.69) is 10.6 Å². The quantitative estimate of drug-likeness (QED) is 0.381. The molecule has 34 heavy (non-hydrogen) atoms. The number of carbonyl (C=O) groups excluding carboxylic acids is 2. The summed E-state index contributed by atoms with van der Waals surface area (Å²) in [6.45, 7) is 2.76. The summed E-state index contributed by atoms with van der Waals surface area (Å²) in [6.07, 6.45) is 0.381. The maximum Gasteiger partial charge on any atom is 0.262 e. The van der Waals surface area contributed by atoms with E-state index in [1.54, 1.807) is 20.3 Å². The van der Waals surface area contributed by atoms with Gasteiger partial charge in [-0.1, -0.05) is 42.5 Å². The highest BCUT2D eigenvalue weighted by molar-refractivity contribution is 7.12. The fourth-order valence-electron chi connectivity index (χ4n) is 3.40. The minimum atomic E-state index is -0.724. The van der Waals surface area contributed by atoms with Crippen molar-refractivity contribution < 1.29 is 23.8 Å². The van der Waals surface area contributed by atoms with Crippen LogP contribution in [0, 0.1) is 0 Å². The van der Waals surface area contributed by atoms with E-state index in [0.717, 1.165) is 11.1 Å². The van der Waals surface area contributed by atoms with Gasteiger partial charge in [0.15, 0.2) is 11.5 Å². The monoisotopic (exact) mass is 482 g/mol. The largest absolute Gasteiger partial charge is 0.493 e. The molecule has 0 spiro atoms. The van der Waals surface area contributed by atoms with Gasteiger partial charge in [0.1, 0.15) is 12.6 Å². The summed E-state index contributed by atoms with van der Waals surface area (Å²) in [4.78, 5) is 26.5. The Kier molecular flexibility index (Phi) is 9.49. The summed E-state index contributed by atoms with van der Waals surface area (Å²) in [5.41, 5.74) is 1.81. The first-order valence-electron chi connectivity index (χ1n) is 11.0. The van der Waals surface area contributed by atoms with Crippen LogP contribution in [0.25, 0.3) is 0 Å². The van der Waals surface area contributed by atoms with Crippen molar-refractivity contribution in [2.75, 3.05) is 27.4 Å². The van der Waals surface area contributed by atoms with Gasteiger partial charge in [-0.3, -0.25) is 9.59 Å². The molecule has 2 unspecified atom stereocenters. The molecule has 2 aromatic carbocycles. The third-order valence-electron chi connectivity index (χ3n) is 5.24. The van der Waals surface area contributed by atoms with E-state index < -0.39 is 6.04 Å². The standard InChI is InChI=1S/C26H30N2O5S/c1-18(20-11-12-22(23(17-20)32-3)33-14-13-31-2)27-25(29)21(16-19-8-5-4-6-9-19)28-26(30)24-10-7-15-34-24/h4-12,15,17-18,21H,13-14,16H2,1-3H3,(H,27,29)(H,28,30). The van der Waals surface area contributed by atoms with Crippen LogP contribution in [0.1, 0.15) is 33.8 Å². The summed E-state index contributed by atoms with van der Waals surface area (Å²) in [7, 11) is 3.18. The second kappa shape index (κ2) is 12.8. The molecule has 0 aliphatic heterocycles. The molecule has 2 N–H and O–H groups in total. The summed E-state index contributed by atoms with van der Waals surface area (Å²) in [5.74, 6) is 0.645. The molecule has 7 nitrogen and oxygen atoms in total. The fraction of sp³-hybridized carbons (Fsp3) is 0.308. The van der Waals surface area contributed by atoms with Gasteiger partial charge >= 0.3 is 0 Å². The molecule has 0 fully saturated rings. The van der Waals surface area contributed by atoms with Crippen LogP contribution in [0.15, 0.2) is 66.0 Å². The van der Waals surface area contributed by atoms with Crippen molar-refractivity contribution in [2.24, 2.45) is 0 Å². The minimum Gasteiger partial charge on any atom is -0.493 e. The molecule has 0 saturated heterocycles. The molecule has 3 rings (SSSR count). The van der Waals surface area contributed by atoms with Crippen LogP contribution in [0.2, 0.25) is 0 Å². The highest BCUT2D eigenvalue weighted by Crippen LogP contribution is 2.30. The van der Waals surface area contributed by atoms with Crippen LogP contribution in [-0.2, 0) is 16.0 Å². The molecule has 0 saturated carbocycles. The van der Waals surface area contributed by atoms with E-state index in [4.69, 9.17) is 14.2 Å². The Bertz CT molecular complexity index is 1060. The predicted octanol–water partition coefficient (Wildman–Crippen LogP) is 4.00. The topological polar surface area (TPSA) is 85.9 Å². The third-order valence-corrected chi connectivity index (χ3v) is 6.11. The first kappa shape index (κ1) is 25.3. The molecule has 180 valence electrons. The van der Waals surface area contributed by atoms with Crippen LogP contribution in [-0.4, -0.2) is 45.3 Å². The van der Waals surface area contributed by atoms with Crippen LogP contribution in [0.3, 0.4) is 0 Å². The van der Waals surface area contributed by atoms with Gasteiger partial charge in [-0.2, -0.15) is 0 Å². The van der Waals surface area contributed by atoms with Gasteiger partial charge in [-0.15, -0.1) is 11.3 Å². The molecule has 0 aliphatic carbocycles. The van der Waals surface area contributed by atoms with Crippen molar-refractivity contribution in [3.05, 3.63) is 82.0 Å². The lowest BCUT2D eigenvalue weighted by molar-refractivity contribution is -0.123. The molecule has 2 amide bonds. The third kappa shape index (κ3) is 7.07. The number of hydrogen-bond acceptors (Lipinski definition) is 6. The second-order valence-electron chi connectivity index (χ2n) is 7.67. The van der Waals surface area contributed by atoms with E-state index in [-0.39, 0.29) is 17.9 Å². The number of amides is 2. The first-order valence-corrected chi connectivity index (χ1v) is 11.9. The normalized spacial score (nSPS) is 12.4. The van der Waals surface area contributed by atoms with Crippen molar-refractivity contribution >= 4 is 23.2 Å². The molecule has 1 aromatic heterocycles. The van der Waals surface area contributed by atoms with Gasteiger partial charge in [-0.25, -0.2) is 0 Å². The van der Waals surface area contributed by atoms with E-state index in [1.807, 2.05) is 66.9 Å². The Morgan fingerprint density at radius 2 is 1.74 bits per heavy atom. The zero-order chi connectivity index (χ0) is 24.3. The average molecular weight is 483 g/mol. The number of hydrogen-bond donors (Lipinski definition) is 2. The summed E-state index contributed by atoms with van der Waals surface area (Å²) in [6, 6.07) is 17.7. The second-order valence-corrected chi connectivity index (χ2v) is 8.62. The summed E-state index contributed by atoms with van der Waals surface area (Å²) < 4.78 is 16.2. The SMILES string of the molecule is COCCOc1ccc(C(C)NC(=O)C(Cc2ccccc2)NC(=O)c2cccs2)cc1OC. The molecular weight excluding hydrogens is 452 g/mol. The van der Waals surface area contributed by atoms with Gasteiger partial charge < -0.3 is 24.8 Å². The van der Waals surface area contributed by atoms with E-state index in [0.29, 0.717) is 36.0 Å². The van der Waals surface area contributed by atoms with Gasteiger partial charge in [-0.05, 0) is 41.6 Å². The van der Waals surface area contributed by atoms with Crippen molar-refractivity contribution in [3.8, 4) is 11.5 Å².